The van der Waals surface area contributed by atoms with Gasteiger partial charge in [-0.2, -0.15) is 0 Å². The van der Waals surface area contributed by atoms with Crippen LogP contribution in [0.5, 0.6) is 0 Å². The second kappa shape index (κ2) is 5.06. The SMILES string of the molecule is CC(C)NS(=O)(=O)c1csc(CNC2CC2)c1. The minimum absolute atomic E-state index is 0.0760. The predicted octanol–water partition coefficient (Wildman–Crippen LogP) is 1.69. The number of sulfonamides is 1. The number of hydrogen-bond donors (Lipinski definition) is 2. The highest BCUT2D eigenvalue weighted by molar-refractivity contribution is 7.89. The molecule has 0 amide bonds. The lowest BCUT2D eigenvalue weighted by Gasteiger charge is -2.07. The second-order valence-electron chi connectivity index (χ2n) is 4.68. The minimum Gasteiger partial charge on any atom is -0.309 e. The zero-order valence-electron chi connectivity index (χ0n) is 10.1. The van der Waals surface area contributed by atoms with E-state index >= 15 is 0 Å². The molecule has 0 saturated heterocycles. The highest BCUT2D eigenvalue weighted by atomic mass is 32.2. The maximum atomic E-state index is 11.9. The highest BCUT2D eigenvalue weighted by Crippen LogP contribution is 2.22. The van der Waals surface area contributed by atoms with Crippen molar-refractivity contribution in [3.8, 4) is 0 Å². The Morgan fingerprint density at radius 1 is 1.47 bits per heavy atom. The van der Waals surface area contributed by atoms with Gasteiger partial charge in [-0.1, -0.05) is 0 Å². The number of thiophene rings is 1. The quantitative estimate of drug-likeness (QED) is 0.830. The second-order valence-corrected chi connectivity index (χ2v) is 7.39. The van der Waals surface area contributed by atoms with Gasteiger partial charge in [0.15, 0.2) is 0 Å². The van der Waals surface area contributed by atoms with Crippen molar-refractivity contribution in [1.82, 2.24) is 10.0 Å². The molecule has 1 aliphatic rings. The molecule has 17 heavy (non-hydrogen) atoms. The molecule has 1 heterocycles. The maximum Gasteiger partial charge on any atom is 0.241 e. The van der Waals surface area contributed by atoms with Crippen LogP contribution in [0.25, 0.3) is 0 Å². The Hall–Kier alpha value is -0.430. The summed E-state index contributed by atoms with van der Waals surface area (Å²) in [6.45, 7) is 4.41. The maximum absolute atomic E-state index is 11.9. The van der Waals surface area contributed by atoms with E-state index in [0.29, 0.717) is 10.9 Å². The number of nitrogens with one attached hydrogen (secondary N) is 2. The van der Waals surface area contributed by atoms with Crippen LogP contribution in [0.15, 0.2) is 16.3 Å². The molecule has 0 unspecified atom stereocenters. The lowest BCUT2D eigenvalue weighted by atomic mass is 10.4. The molecular formula is C11H18N2O2S2. The van der Waals surface area contributed by atoms with E-state index in [2.05, 4.69) is 10.0 Å². The first-order chi connectivity index (χ1) is 7.97. The normalized spacial score (nSPS) is 16.6. The van der Waals surface area contributed by atoms with Gasteiger partial charge in [0.25, 0.3) is 0 Å². The van der Waals surface area contributed by atoms with E-state index in [1.807, 2.05) is 13.8 Å². The molecular weight excluding hydrogens is 256 g/mol. The summed E-state index contributed by atoms with van der Waals surface area (Å²) in [5.74, 6) is 0. The van der Waals surface area contributed by atoms with Gasteiger partial charge in [-0.15, -0.1) is 11.3 Å². The van der Waals surface area contributed by atoms with Gasteiger partial charge in [-0.25, -0.2) is 13.1 Å². The van der Waals surface area contributed by atoms with Gasteiger partial charge in [0.05, 0.1) is 4.90 Å². The fraction of sp³-hybridized carbons (Fsp3) is 0.636. The molecule has 0 aromatic carbocycles. The van der Waals surface area contributed by atoms with E-state index in [9.17, 15) is 8.42 Å². The molecule has 1 aliphatic carbocycles. The first kappa shape index (κ1) is 13.0. The molecule has 1 fully saturated rings. The molecule has 0 radical (unpaired) electrons. The fourth-order valence-corrected chi connectivity index (χ4v) is 3.98. The summed E-state index contributed by atoms with van der Waals surface area (Å²) in [6.07, 6.45) is 2.48. The van der Waals surface area contributed by atoms with E-state index in [1.165, 1.54) is 24.2 Å². The molecule has 0 atom stereocenters. The van der Waals surface area contributed by atoms with E-state index in [-0.39, 0.29) is 6.04 Å². The van der Waals surface area contributed by atoms with Crippen molar-refractivity contribution in [3.05, 3.63) is 16.3 Å². The van der Waals surface area contributed by atoms with Crippen molar-refractivity contribution < 1.29 is 8.42 Å². The number of hydrogen-bond acceptors (Lipinski definition) is 4. The average molecular weight is 274 g/mol. The third-order valence-electron chi connectivity index (χ3n) is 2.47. The van der Waals surface area contributed by atoms with Crippen molar-refractivity contribution in [2.24, 2.45) is 0 Å². The van der Waals surface area contributed by atoms with Gasteiger partial charge in [0.2, 0.25) is 10.0 Å². The molecule has 1 aromatic heterocycles. The smallest absolute Gasteiger partial charge is 0.241 e. The van der Waals surface area contributed by atoms with Gasteiger partial charge in [-0.05, 0) is 32.8 Å². The van der Waals surface area contributed by atoms with Gasteiger partial charge in [0.1, 0.15) is 0 Å². The third-order valence-corrected chi connectivity index (χ3v) is 5.20. The van der Waals surface area contributed by atoms with Crippen LogP contribution in [0.4, 0.5) is 0 Å². The summed E-state index contributed by atoms with van der Waals surface area (Å²) in [4.78, 5) is 1.45. The summed E-state index contributed by atoms with van der Waals surface area (Å²) in [5, 5.41) is 5.08. The van der Waals surface area contributed by atoms with Gasteiger partial charge < -0.3 is 5.32 Å². The van der Waals surface area contributed by atoms with E-state index in [0.717, 1.165) is 11.4 Å². The summed E-state index contributed by atoms with van der Waals surface area (Å²) in [5.41, 5.74) is 0. The molecule has 0 spiro atoms. The molecule has 6 heteroatoms. The zero-order valence-corrected chi connectivity index (χ0v) is 11.7. The summed E-state index contributed by atoms with van der Waals surface area (Å²) in [6, 6.07) is 2.32. The van der Waals surface area contributed by atoms with Gasteiger partial charge >= 0.3 is 0 Å². The van der Waals surface area contributed by atoms with Crippen molar-refractivity contribution in [2.75, 3.05) is 0 Å². The van der Waals surface area contributed by atoms with Crippen molar-refractivity contribution in [3.63, 3.8) is 0 Å². The lowest BCUT2D eigenvalue weighted by molar-refractivity contribution is 0.570. The summed E-state index contributed by atoms with van der Waals surface area (Å²) < 4.78 is 26.3. The molecule has 4 nitrogen and oxygen atoms in total. The van der Waals surface area contributed by atoms with Gasteiger partial charge in [0, 0.05) is 28.9 Å². The lowest BCUT2D eigenvalue weighted by Crippen LogP contribution is -2.29. The Balaban J connectivity index is 2.00. The minimum atomic E-state index is -3.33. The van der Waals surface area contributed by atoms with Crippen molar-refractivity contribution in [2.45, 2.75) is 50.2 Å². The molecule has 1 saturated carbocycles. The van der Waals surface area contributed by atoms with Crippen LogP contribution in [0.2, 0.25) is 0 Å². The molecule has 1 aromatic rings. The van der Waals surface area contributed by atoms with E-state index in [4.69, 9.17) is 0 Å². The standard InChI is InChI=1S/C11H18N2O2S2/c1-8(2)13-17(14,15)11-5-10(16-7-11)6-12-9-3-4-9/h5,7-9,12-13H,3-4,6H2,1-2H3. The van der Waals surface area contributed by atoms with Crippen LogP contribution in [0, 0.1) is 0 Å². The average Bonchev–Trinajstić information content (AvgIpc) is 2.90. The molecule has 96 valence electrons. The van der Waals surface area contributed by atoms with Crippen LogP contribution in [-0.4, -0.2) is 20.5 Å². The Morgan fingerprint density at radius 3 is 2.76 bits per heavy atom. The largest absolute Gasteiger partial charge is 0.309 e. The van der Waals surface area contributed by atoms with Crippen LogP contribution in [0.1, 0.15) is 31.6 Å². The fourth-order valence-electron chi connectivity index (χ4n) is 1.50. The molecule has 2 N–H and O–H groups in total. The predicted molar refractivity (Wildman–Crippen MR) is 69.6 cm³/mol. The van der Waals surface area contributed by atoms with Crippen LogP contribution in [-0.2, 0) is 16.6 Å². The topological polar surface area (TPSA) is 58.2 Å². The van der Waals surface area contributed by atoms with Crippen LogP contribution >= 0.6 is 11.3 Å². The van der Waals surface area contributed by atoms with Crippen LogP contribution < -0.4 is 10.0 Å². The van der Waals surface area contributed by atoms with Crippen LogP contribution in [0.3, 0.4) is 0 Å². The first-order valence-corrected chi connectivity index (χ1v) is 8.17. The van der Waals surface area contributed by atoms with Crippen molar-refractivity contribution in [1.29, 1.82) is 0 Å². The van der Waals surface area contributed by atoms with Crippen molar-refractivity contribution >= 4 is 21.4 Å². The Morgan fingerprint density at radius 2 is 2.18 bits per heavy atom. The molecule has 0 aliphatic heterocycles. The highest BCUT2D eigenvalue weighted by Gasteiger charge is 2.21. The first-order valence-electron chi connectivity index (χ1n) is 5.80. The molecule has 2 rings (SSSR count). The van der Waals surface area contributed by atoms with Gasteiger partial charge in [-0.3, -0.25) is 0 Å². The van der Waals surface area contributed by atoms with E-state index < -0.39 is 10.0 Å². The zero-order chi connectivity index (χ0) is 12.5. The number of rotatable bonds is 6. The monoisotopic (exact) mass is 274 g/mol. The summed E-state index contributed by atoms with van der Waals surface area (Å²) in [7, 11) is -3.33. The Labute approximate surface area is 106 Å². The molecule has 0 bridgehead atoms. The summed E-state index contributed by atoms with van der Waals surface area (Å²) >= 11 is 1.49. The Kier molecular flexibility index (Phi) is 3.87. The Bertz CT molecular complexity index is 475. The van der Waals surface area contributed by atoms with E-state index in [1.54, 1.807) is 11.4 Å². The third kappa shape index (κ3) is 3.77.